The standard InChI is InChI=1S/C15H18O3/c1-5-11(2)15(12-9-7-6-8-10-12)14(3,4)17-13(16)18-15/h5-10H,1-4H3/b11-5+. The number of rotatable bonds is 2. The van der Waals surface area contributed by atoms with E-state index in [4.69, 9.17) is 9.47 Å². The number of cyclic esters (lactones) is 2. The molecule has 18 heavy (non-hydrogen) atoms. The molecule has 2 rings (SSSR count). The lowest BCUT2D eigenvalue weighted by atomic mass is 9.75. The average molecular weight is 246 g/mol. The highest BCUT2D eigenvalue weighted by Crippen LogP contribution is 2.49. The van der Waals surface area contributed by atoms with Gasteiger partial charge in [-0.05, 0) is 33.3 Å². The molecular weight excluding hydrogens is 228 g/mol. The Bertz CT molecular complexity index is 488. The van der Waals surface area contributed by atoms with E-state index < -0.39 is 17.4 Å². The summed E-state index contributed by atoms with van der Waals surface area (Å²) in [5, 5.41) is 0. The molecule has 1 aromatic carbocycles. The first kappa shape index (κ1) is 12.7. The molecule has 0 spiro atoms. The molecule has 3 heteroatoms. The lowest BCUT2D eigenvalue weighted by molar-refractivity contribution is 0.00144. The van der Waals surface area contributed by atoms with Crippen LogP contribution in [0, 0.1) is 0 Å². The molecule has 1 fully saturated rings. The Balaban J connectivity index is 2.67. The van der Waals surface area contributed by atoms with Gasteiger partial charge in [0.2, 0.25) is 5.60 Å². The molecule has 1 unspecified atom stereocenters. The molecule has 0 aliphatic carbocycles. The van der Waals surface area contributed by atoms with Crippen molar-refractivity contribution in [2.24, 2.45) is 0 Å². The van der Waals surface area contributed by atoms with E-state index in [1.165, 1.54) is 0 Å². The number of ether oxygens (including phenoxy) is 2. The molecule has 0 bridgehead atoms. The minimum Gasteiger partial charge on any atom is -0.423 e. The second kappa shape index (κ2) is 4.16. The van der Waals surface area contributed by atoms with Crippen molar-refractivity contribution in [3.8, 4) is 0 Å². The van der Waals surface area contributed by atoms with E-state index in [9.17, 15) is 4.79 Å². The van der Waals surface area contributed by atoms with E-state index in [2.05, 4.69) is 0 Å². The Labute approximate surface area is 107 Å². The van der Waals surface area contributed by atoms with Gasteiger partial charge >= 0.3 is 6.16 Å². The molecule has 3 nitrogen and oxygen atoms in total. The minimum absolute atomic E-state index is 0.620. The van der Waals surface area contributed by atoms with Crippen LogP contribution in [0.3, 0.4) is 0 Å². The highest BCUT2D eigenvalue weighted by molar-refractivity contribution is 5.67. The smallest absolute Gasteiger partial charge is 0.423 e. The molecule has 96 valence electrons. The quantitative estimate of drug-likeness (QED) is 0.588. The van der Waals surface area contributed by atoms with Crippen LogP contribution in [0.2, 0.25) is 0 Å². The van der Waals surface area contributed by atoms with Gasteiger partial charge in [-0.2, -0.15) is 0 Å². The SMILES string of the molecule is C/C=C(\C)C1(c2ccccc2)OC(=O)OC1(C)C. The summed E-state index contributed by atoms with van der Waals surface area (Å²) in [7, 11) is 0. The van der Waals surface area contributed by atoms with Gasteiger partial charge in [-0.3, -0.25) is 0 Å². The summed E-state index contributed by atoms with van der Waals surface area (Å²) in [6.45, 7) is 7.63. The molecule has 1 saturated heterocycles. The van der Waals surface area contributed by atoms with Crippen LogP contribution in [0.15, 0.2) is 42.0 Å². The monoisotopic (exact) mass is 246 g/mol. The molecule has 0 N–H and O–H groups in total. The van der Waals surface area contributed by atoms with Gasteiger partial charge in [0.25, 0.3) is 0 Å². The lowest BCUT2D eigenvalue weighted by Gasteiger charge is -2.37. The van der Waals surface area contributed by atoms with Crippen LogP contribution < -0.4 is 0 Å². The molecule has 1 heterocycles. The number of benzene rings is 1. The van der Waals surface area contributed by atoms with Crippen LogP contribution in [-0.4, -0.2) is 11.8 Å². The average Bonchev–Trinajstić information content (AvgIpc) is 2.59. The number of hydrogen-bond donors (Lipinski definition) is 0. The fraction of sp³-hybridized carbons (Fsp3) is 0.400. The van der Waals surface area contributed by atoms with Crippen molar-refractivity contribution in [2.45, 2.75) is 38.9 Å². The molecule has 0 radical (unpaired) electrons. The van der Waals surface area contributed by atoms with Crippen molar-refractivity contribution in [2.75, 3.05) is 0 Å². The summed E-state index contributed by atoms with van der Waals surface area (Å²) in [5.74, 6) is 0. The van der Waals surface area contributed by atoms with Crippen LogP contribution in [0.5, 0.6) is 0 Å². The van der Waals surface area contributed by atoms with Gasteiger partial charge in [0.1, 0.15) is 0 Å². The maximum absolute atomic E-state index is 11.6. The second-order valence-corrected chi connectivity index (χ2v) is 4.98. The Hall–Kier alpha value is -1.77. The summed E-state index contributed by atoms with van der Waals surface area (Å²) >= 11 is 0. The van der Waals surface area contributed by atoms with Crippen LogP contribution in [0.1, 0.15) is 33.3 Å². The van der Waals surface area contributed by atoms with Gasteiger partial charge in [0, 0.05) is 5.56 Å². The molecule has 0 amide bonds. The second-order valence-electron chi connectivity index (χ2n) is 4.98. The van der Waals surface area contributed by atoms with E-state index in [1.807, 2.05) is 64.1 Å². The number of carbonyl (C=O) groups excluding carboxylic acids is 1. The van der Waals surface area contributed by atoms with Crippen molar-refractivity contribution in [1.82, 2.24) is 0 Å². The Morgan fingerprint density at radius 2 is 1.78 bits per heavy atom. The first-order chi connectivity index (χ1) is 8.44. The first-order valence-electron chi connectivity index (χ1n) is 6.05. The van der Waals surface area contributed by atoms with Crippen molar-refractivity contribution in [3.63, 3.8) is 0 Å². The summed E-state index contributed by atoms with van der Waals surface area (Å²) in [4.78, 5) is 11.6. The zero-order chi connectivity index (χ0) is 13.4. The van der Waals surface area contributed by atoms with Gasteiger partial charge < -0.3 is 9.47 Å². The summed E-state index contributed by atoms with van der Waals surface area (Å²) < 4.78 is 10.9. The summed E-state index contributed by atoms with van der Waals surface area (Å²) in [5.41, 5.74) is 0.309. The predicted molar refractivity (Wildman–Crippen MR) is 69.2 cm³/mol. The molecule has 0 saturated carbocycles. The van der Waals surface area contributed by atoms with E-state index in [-0.39, 0.29) is 0 Å². The summed E-state index contributed by atoms with van der Waals surface area (Å²) in [6, 6.07) is 9.71. The molecular formula is C15H18O3. The fourth-order valence-electron chi connectivity index (χ4n) is 2.61. The van der Waals surface area contributed by atoms with Crippen LogP contribution >= 0.6 is 0 Å². The number of carbonyl (C=O) groups is 1. The molecule has 1 atom stereocenters. The van der Waals surface area contributed by atoms with Gasteiger partial charge in [-0.15, -0.1) is 0 Å². The van der Waals surface area contributed by atoms with Gasteiger partial charge in [0.15, 0.2) is 5.60 Å². The van der Waals surface area contributed by atoms with E-state index >= 15 is 0 Å². The fourth-order valence-corrected chi connectivity index (χ4v) is 2.61. The zero-order valence-electron chi connectivity index (χ0n) is 11.2. The Morgan fingerprint density at radius 3 is 2.22 bits per heavy atom. The predicted octanol–water partition coefficient (Wildman–Crippen LogP) is 3.79. The zero-order valence-corrected chi connectivity index (χ0v) is 11.2. The van der Waals surface area contributed by atoms with E-state index in [0.717, 1.165) is 11.1 Å². The van der Waals surface area contributed by atoms with Crippen molar-refractivity contribution in [3.05, 3.63) is 47.5 Å². The maximum Gasteiger partial charge on any atom is 0.510 e. The third-order valence-electron chi connectivity index (χ3n) is 3.59. The van der Waals surface area contributed by atoms with Gasteiger partial charge in [-0.1, -0.05) is 36.4 Å². The Kier molecular flexibility index (Phi) is 2.93. The third-order valence-corrected chi connectivity index (χ3v) is 3.59. The van der Waals surface area contributed by atoms with Crippen LogP contribution in [0.4, 0.5) is 4.79 Å². The Morgan fingerprint density at radius 1 is 1.17 bits per heavy atom. The van der Waals surface area contributed by atoms with E-state index in [0.29, 0.717) is 0 Å². The number of hydrogen-bond acceptors (Lipinski definition) is 3. The molecule has 1 aromatic rings. The minimum atomic E-state index is -0.847. The maximum atomic E-state index is 11.6. The highest BCUT2D eigenvalue weighted by atomic mass is 16.8. The largest absolute Gasteiger partial charge is 0.510 e. The molecule has 1 aliphatic heterocycles. The third kappa shape index (κ3) is 1.62. The lowest BCUT2D eigenvalue weighted by Crippen LogP contribution is -2.45. The van der Waals surface area contributed by atoms with E-state index in [1.54, 1.807) is 0 Å². The highest BCUT2D eigenvalue weighted by Gasteiger charge is 2.59. The number of allylic oxidation sites excluding steroid dienone is 1. The van der Waals surface area contributed by atoms with Crippen molar-refractivity contribution >= 4 is 6.16 Å². The van der Waals surface area contributed by atoms with Crippen molar-refractivity contribution < 1.29 is 14.3 Å². The van der Waals surface area contributed by atoms with Crippen LogP contribution in [0.25, 0.3) is 0 Å². The molecule has 0 aromatic heterocycles. The van der Waals surface area contributed by atoms with Crippen molar-refractivity contribution in [1.29, 1.82) is 0 Å². The normalized spacial score (nSPS) is 26.7. The molecule has 1 aliphatic rings. The van der Waals surface area contributed by atoms with Gasteiger partial charge in [-0.25, -0.2) is 4.79 Å². The van der Waals surface area contributed by atoms with Crippen LogP contribution in [-0.2, 0) is 15.1 Å². The van der Waals surface area contributed by atoms with Gasteiger partial charge in [0.05, 0.1) is 0 Å². The topological polar surface area (TPSA) is 35.5 Å². The first-order valence-corrected chi connectivity index (χ1v) is 6.05. The summed E-state index contributed by atoms with van der Waals surface area (Å²) in [6.07, 6.45) is 1.33.